The Kier molecular flexibility index (Phi) is 4.47. The Morgan fingerprint density at radius 3 is 3.23 bits per heavy atom. The third-order valence-electron chi connectivity index (χ3n) is 3.71. The van der Waals surface area contributed by atoms with Gasteiger partial charge in [-0.15, -0.1) is 28.5 Å². The molecule has 22 heavy (non-hydrogen) atoms. The summed E-state index contributed by atoms with van der Waals surface area (Å²) in [6.07, 6.45) is 3.12. The lowest BCUT2D eigenvalue weighted by Crippen LogP contribution is -2.48. The molecule has 0 radical (unpaired) electrons. The molecular formula is C13H16N4O2S3. The third kappa shape index (κ3) is 2.89. The molecule has 2 saturated heterocycles. The number of anilines is 1. The van der Waals surface area contributed by atoms with Crippen LogP contribution >= 0.6 is 34.9 Å². The zero-order chi connectivity index (χ0) is 15.7. The molecule has 1 aromatic rings. The Bertz CT molecular complexity index is 620. The minimum atomic E-state index is -0.418. The average molecular weight is 356 g/mol. The van der Waals surface area contributed by atoms with Gasteiger partial charge in [0.15, 0.2) is 4.34 Å². The van der Waals surface area contributed by atoms with Gasteiger partial charge in [0, 0.05) is 17.9 Å². The number of amides is 2. The van der Waals surface area contributed by atoms with Crippen LogP contribution in [-0.4, -0.2) is 49.3 Å². The highest BCUT2D eigenvalue weighted by Gasteiger charge is 2.52. The number of carbonyl (C=O) groups excluding carboxylic acids is 2. The average Bonchev–Trinajstić information content (AvgIpc) is 3.14. The van der Waals surface area contributed by atoms with Crippen molar-refractivity contribution in [3.63, 3.8) is 0 Å². The maximum atomic E-state index is 12.5. The van der Waals surface area contributed by atoms with Crippen molar-refractivity contribution >= 4 is 51.8 Å². The maximum absolute atomic E-state index is 12.5. The zero-order valence-electron chi connectivity index (χ0n) is 12.1. The van der Waals surface area contributed by atoms with E-state index < -0.39 is 6.04 Å². The van der Waals surface area contributed by atoms with Crippen LogP contribution in [0.5, 0.6) is 0 Å². The van der Waals surface area contributed by atoms with Gasteiger partial charge >= 0.3 is 0 Å². The molecule has 2 fully saturated rings. The fourth-order valence-corrected chi connectivity index (χ4v) is 5.60. The maximum Gasteiger partial charge on any atom is 0.249 e. The molecule has 2 aliphatic rings. The van der Waals surface area contributed by atoms with Gasteiger partial charge in [-0.25, -0.2) is 0 Å². The molecule has 118 valence electrons. The fraction of sp³-hybridized carbons (Fsp3) is 0.538. The van der Waals surface area contributed by atoms with Crippen molar-refractivity contribution in [3.05, 3.63) is 12.7 Å². The second-order valence-electron chi connectivity index (χ2n) is 5.23. The summed E-state index contributed by atoms with van der Waals surface area (Å²) >= 11 is 4.54. The number of thioether (sulfide) groups is 2. The fourth-order valence-electron chi connectivity index (χ4n) is 2.65. The number of fused-ring (bicyclic) bond motifs is 1. The molecule has 0 spiro atoms. The molecule has 3 rings (SSSR count). The van der Waals surface area contributed by atoms with Crippen LogP contribution in [-0.2, 0) is 9.59 Å². The molecule has 0 saturated carbocycles. The third-order valence-corrected chi connectivity index (χ3v) is 7.18. The van der Waals surface area contributed by atoms with Crippen LogP contribution in [0.2, 0.25) is 0 Å². The lowest BCUT2D eigenvalue weighted by molar-refractivity contribution is -0.135. The van der Waals surface area contributed by atoms with Crippen LogP contribution in [0.4, 0.5) is 5.13 Å². The van der Waals surface area contributed by atoms with E-state index >= 15 is 0 Å². The van der Waals surface area contributed by atoms with Gasteiger partial charge in [-0.3, -0.25) is 14.9 Å². The molecule has 9 heteroatoms. The van der Waals surface area contributed by atoms with E-state index in [1.54, 1.807) is 22.7 Å². The van der Waals surface area contributed by atoms with Crippen LogP contribution < -0.4 is 5.32 Å². The predicted molar refractivity (Wildman–Crippen MR) is 90.2 cm³/mol. The van der Waals surface area contributed by atoms with Crippen molar-refractivity contribution in [2.45, 2.75) is 35.0 Å². The van der Waals surface area contributed by atoms with E-state index in [2.05, 4.69) is 22.1 Å². The summed E-state index contributed by atoms with van der Waals surface area (Å²) in [5.41, 5.74) is 0. The number of hydrogen-bond donors (Lipinski definition) is 1. The minimum Gasteiger partial charge on any atom is -0.315 e. The van der Waals surface area contributed by atoms with E-state index in [1.807, 2.05) is 6.92 Å². The van der Waals surface area contributed by atoms with Gasteiger partial charge in [0.2, 0.25) is 16.9 Å². The van der Waals surface area contributed by atoms with E-state index in [4.69, 9.17) is 0 Å². The van der Waals surface area contributed by atoms with Crippen molar-refractivity contribution in [3.8, 4) is 0 Å². The number of carbonyl (C=O) groups is 2. The molecule has 2 amide bonds. The monoisotopic (exact) mass is 356 g/mol. The summed E-state index contributed by atoms with van der Waals surface area (Å²) in [6, 6.07) is -0.418. The normalized spacial score (nSPS) is 27.0. The Balaban J connectivity index is 1.66. The van der Waals surface area contributed by atoms with Gasteiger partial charge in [0.1, 0.15) is 6.04 Å². The van der Waals surface area contributed by atoms with Crippen LogP contribution in [0.15, 0.2) is 17.0 Å². The summed E-state index contributed by atoms with van der Waals surface area (Å²) in [5, 5.41) is 11.2. The van der Waals surface area contributed by atoms with Crippen molar-refractivity contribution in [2.75, 3.05) is 16.8 Å². The van der Waals surface area contributed by atoms with Gasteiger partial charge in [-0.05, 0) is 13.3 Å². The van der Waals surface area contributed by atoms with Gasteiger partial charge < -0.3 is 4.90 Å². The van der Waals surface area contributed by atoms with E-state index in [-0.39, 0.29) is 16.7 Å². The van der Waals surface area contributed by atoms with E-state index in [9.17, 15) is 9.59 Å². The van der Waals surface area contributed by atoms with Gasteiger partial charge in [0.25, 0.3) is 0 Å². The zero-order valence-corrected chi connectivity index (χ0v) is 14.5. The SMILES string of the molecule is C=CCSc1nnc(NC(=O)[C@@H]2CS[C@]3(C)CCC(=O)N23)s1. The van der Waals surface area contributed by atoms with Gasteiger partial charge in [-0.2, -0.15) is 0 Å². The molecule has 0 aliphatic carbocycles. The second-order valence-corrected chi connectivity index (χ2v) is 8.97. The standard InChI is InChI=1S/C13H16N4O2S3/c1-3-6-20-12-16-15-11(22-12)14-10(19)8-7-21-13(2)5-4-9(18)17(8)13/h3,8H,1,4-7H2,2H3,(H,14,15,19)/t8-,13+/m0/s1. The first kappa shape index (κ1) is 15.8. The second kappa shape index (κ2) is 6.21. The van der Waals surface area contributed by atoms with E-state index in [1.165, 1.54) is 23.1 Å². The molecule has 0 aromatic carbocycles. The van der Waals surface area contributed by atoms with Crippen molar-refractivity contribution in [2.24, 2.45) is 0 Å². The Hall–Kier alpha value is -1.06. The molecule has 0 bridgehead atoms. The van der Waals surface area contributed by atoms with Crippen LogP contribution in [0, 0.1) is 0 Å². The quantitative estimate of drug-likeness (QED) is 0.495. The van der Waals surface area contributed by atoms with Gasteiger partial charge in [-0.1, -0.05) is 29.2 Å². The van der Waals surface area contributed by atoms with Crippen LogP contribution in [0.1, 0.15) is 19.8 Å². The summed E-state index contributed by atoms with van der Waals surface area (Å²) in [7, 11) is 0. The summed E-state index contributed by atoms with van der Waals surface area (Å²) in [5.74, 6) is 1.27. The number of rotatable bonds is 5. The van der Waals surface area contributed by atoms with E-state index in [0.717, 1.165) is 16.5 Å². The molecule has 3 heterocycles. The van der Waals surface area contributed by atoms with Crippen molar-refractivity contribution < 1.29 is 9.59 Å². The molecule has 1 N–H and O–H groups in total. The van der Waals surface area contributed by atoms with Gasteiger partial charge in [0.05, 0.1) is 4.87 Å². The largest absolute Gasteiger partial charge is 0.315 e. The predicted octanol–water partition coefficient (Wildman–Crippen LogP) is 2.21. The molecule has 2 atom stereocenters. The first-order chi connectivity index (χ1) is 10.5. The van der Waals surface area contributed by atoms with Crippen molar-refractivity contribution in [1.82, 2.24) is 15.1 Å². The Morgan fingerprint density at radius 1 is 1.64 bits per heavy atom. The van der Waals surface area contributed by atoms with Crippen molar-refractivity contribution in [1.29, 1.82) is 0 Å². The van der Waals surface area contributed by atoms with E-state index in [0.29, 0.717) is 17.3 Å². The van der Waals surface area contributed by atoms with Crippen LogP contribution in [0.3, 0.4) is 0 Å². The van der Waals surface area contributed by atoms with Crippen LogP contribution in [0.25, 0.3) is 0 Å². The highest BCUT2D eigenvalue weighted by Crippen LogP contribution is 2.47. The number of aromatic nitrogens is 2. The highest BCUT2D eigenvalue weighted by atomic mass is 32.2. The first-order valence-corrected chi connectivity index (χ1v) is 9.66. The first-order valence-electron chi connectivity index (χ1n) is 6.88. The molecule has 0 unspecified atom stereocenters. The summed E-state index contributed by atoms with van der Waals surface area (Å²) in [4.78, 5) is 26.0. The smallest absolute Gasteiger partial charge is 0.249 e. The number of hydrogen-bond acceptors (Lipinski definition) is 7. The lowest BCUT2D eigenvalue weighted by atomic mass is 10.2. The Morgan fingerprint density at radius 2 is 2.45 bits per heavy atom. The lowest BCUT2D eigenvalue weighted by Gasteiger charge is -2.29. The molecular weight excluding hydrogens is 340 g/mol. The number of nitrogens with one attached hydrogen (secondary N) is 1. The Labute approximate surface area is 141 Å². The number of nitrogens with zero attached hydrogens (tertiary/aromatic N) is 3. The highest BCUT2D eigenvalue weighted by molar-refractivity contribution is 8.01. The topological polar surface area (TPSA) is 75.2 Å². The molecule has 1 aromatic heterocycles. The molecule has 2 aliphatic heterocycles. The minimum absolute atomic E-state index is 0.0622. The molecule has 6 nitrogen and oxygen atoms in total. The summed E-state index contributed by atoms with van der Waals surface area (Å²) < 4.78 is 0.790. The summed E-state index contributed by atoms with van der Waals surface area (Å²) in [6.45, 7) is 5.69.